The molecule has 106 valence electrons. The Balaban J connectivity index is 2.20. The number of halogens is 2. The van der Waals surface area contributed by atoms with Crippen LogP contribution in [0, 0.1) is 5.82 Å². The van der Waals surface area contributed by atoms with Gasteiger partial charge in [0.05, 0.1) is 0 Å². The van der Waals surface area contributed by atoms with Crippen LogP contribution in [0.15, 0.2) is 22.7 Å². The van der Waals surface area contributed by atoms with Crippen molar-refractivity contribution in [1.29, 1.82) is 0 Å². The summed E-state index contributed by atoms with van der Waals surface area (Å²) in [5.74, 6) is 1.13. The maximum absolute atomic E-state index is 13.8. The molecule has 0 aliphatic carbocycles. The van der Waals surface area contributed by atoms with Crippen molar-refractivity contribution in [3.63, 3.8) is 0 Å². The first kappa shape index (κ1) is 15.3. The van der Waals surface area contributed by atoms with E-state index in [0.29, 0.717) is 28.9 Å². The van der Waals surface area contributed by atoms with Crippen molar-refractivity contribution < 1.29 is 12.8 Å². The van der Waals surface area contributed by atoms with E-state index in [-0.39, 0.29) is 5.82 Å². The van der Waals surface area contributed by atoms with E-state index in [1.54, 1.807) is 23.9 Å². The first-order valence-electron chi connectivity index (χ1n) is 5.82. The molecule has 0 amide bonds. The molecule has 1 fully saturated rings. The van der Waals surface area contributed by atoms with E-state index in [4.69, 9.17) is 0 Å². The molecule has 1 heterocycles. The average molecular weight is 368 g/mol. The van der Waals surface area contributed by atoms with Gasteiger partial charge in [-0.05, 0) is 12.1 Å². The lowest BCUT2D eigenvalue weighted by molar-refractivity contribution is 0.258. The Labute approximate surface area is 125 Å². The Bertz CT molecular complexity index is 565. The van der Waals surface area contributed by atoms with E-state index in [1.807, 2.05) is 4.90 Å². The van der Waals surface area contributed by atoms with E-state index < -0.39 is 15.2 Å². The lowest BCUT2D eigenvalue weighted by Gasteiger charge is -2.34. The van der Waals surface area contributed by atoms with Gasteiger partial charge in [0.1, 0.15) is 11.2 Å². The molecular formula is C12H15BrFNO2S2. The molecule has 1 atom stereocenters. The van der Waals surface area contributed by atoms with E-state index >= 15 is 0 Å². The van der Waals surface area contributed by atoms with Crippen LogP contribution in [-0.4, -0.2) is 43.0 Å². The fourth-order valence-electron chi connectivity index (χ4n) is 2.06. The molecule has 2 rings (SSSR count). The van der Waals surface area contributed by atoms with Crippen LogP contribution >= 0.6 is 27.7 Å². The number of benzene rings is 1. The Morgan fingerprint density at radius 2 is 2.26 bits per heavy atom. The summed E-state index contributed by atoms with van der Waals surface area (Å²) in [4.78, 5) is 1.85. The molecule has 7 heteroatoms. The van der Waals surface area contributed by atoms with Gasteiger partial charge < -0.3 is 0 Å². The van der Waals surface area contributed by atoms with Crippen LogP contribution in [0.4, 0.5) is 4.39 Å². The molecule has 1 aliphatic heterocycles. The molecule has 1 unspecified atom stereocenters. The minimum atomic E-state index is -3.14. The Hall–Kier alpha value is -0.110. The summed E-state index contributed by atoms with van der Waals surface area (Å²) in [5.41, 5.74) is 0.531. The third-order valence-corrected chi connectivity index (χ3v) is 6.25. The molecule has 0 saturated carbocycles. The van der Waals surface area contributed by atoms with Crippen molar-refractivity contribution in [2.45, 2.75) is 11.9 Å². The van der Waals surface area contributed by atoms with E-state index in [1.165, 1.54) is 12.3 Å². The summed E-state index contributed by atoms with van der Waals surface area (Å²) in [7, 11) is -3.14. The molecule has 3 nitrogen and oxygen atoms in total. The predicted molar refractivity (Wildman–Crippen MR) is 80.5 cm³/mol. The number of sulfone groups is 1. The maximum Gasteiger partial charge on any atom is 0.164 e. The summed E-state index contributed by atoms with van der Waals surface area (Å²) in [6.45, 7) is 0.995. The molecular weight excluding hydrogens is 353 g/mol. The summed E-state index contributed by atoms with van der Waals surface area (Å²) < 4.78 is 38.0. The lowest BCUT2D eigenvalue weighted by Crippen LogP contribution is -2.46. The molecule has 1 saturated heterocycles. The summed E-state index contributed by atoms with van der Waals surface area (Å²) in [5, 5.41) is -0.519. The standard InChI is InChI=1S/C12H15BrFNO2S2/c1-19(16,17)12-8-18-5-4-15(12)7-9-2-3-10(13)6-11(9)14/h2-3,6,12H,4-5,7-8H2,1H3. The third kappa shape index (κ3) is 3.93. The Kier molecular flexibility index (Phi) is 4.92. The van der Waals surface area contributed by atoms with Gasteiger partial charge >= 0.3 is 0 Å². The molecule has 1 aromatic rings. The zero-order valence-electron chi connectivity index (χ0n) is 10.5. The summed E-state index contributed by atoms with van der Waals surface area (Å²) >= 11 is 4.84. The maximum atomic E-state index is 13.8. The highest BCUT2D eigenvalue weighted by Gasteiger charge is 2.31. The summed E-state index contributed by atoms with van der Waals surface area (Å²) in [6.07, 6.45) is 1.24. The zero-order chi connectivity index (χ0) is 14.0. The average Bonchev–Trinajstić information content (AvgIpc) is 2.32. The lowest BCUT2D eigenvalue weighted by atomic mass is 10.2. The predicted octanol–water partition coefficient (Wildman–Crippen LogP) is 2.51. The molecule has 0 aromatic heterocycles. The monoisotopic (exact) mass is 367 g/mol. The van der Waals surface area contributed by atoms with Crippen LogP contribution in [0.1, 0.15) is 5.56 Å². The third-order valence-electron chi connectivity index (χ3n) is 3.07. The topological polar surface area (TPSA) is 37.4 Å². The van der Waals surface area contributed by atoms with E-state index in [0.717, 1.165) is 5.75 Å². The number of rotatable bonds is 3. The van der Waals surface area contributed by atoms with E-state index in [2.05, 4.69) is 15.9 Å². The molecule has 0 N–H and O–H groups in total. The van der Waals surface area contributed by atoms with Crippen LogP contribution in [0.25, 0.3) is 0 Å². The first-order chi connectivity index (χ1) is 8.88. The number of thioether (sulfide) groups is 1. The number of hydrogen-bond acceptors (Lipinski definition) is 4. The van der Waals surface area contributed by atoms with Gasteiger partial charge in [-0.15, -0.1) is 0 Å². The van der Waals surface area contributed by atoms with Gasteiger partial charge in [0.15, 0.2) is 9.84 Å². The molecule has 1 aromatic carbocycles. The van der Waals surface area contributed by atoms with Gasteiger partial charge in [-0.1, -0.05) is 22.0 Å². The van der Waals surface area contributed by atoms with Crippen molar-refractivity contribution in [1.82, 2.24) is 4.90 Å². The SMILES string of the molecule is CS(=O)(=O)C1CSCCN1Cc1ccc(Br)cc1F. The van der Waals surface area contributed by atoms with Crippen LogP contribution in [-0.2, 0) is 16.4 Å². The molecule has 1 aliphatic rings. The van der Waals surface area contributed by atoms with Crippen LogP contribution in [0.5, 0.6) is 0 Å². The minimum absolute atomic E-state index is 0.306. The first-order valence-corrected chi connectivity index (χ1v) is 9.73. The Morgan fingerprint density at radius 3 is 2.89 bits per heavy atom. The van der Waals surface area contributed by atoms with Gasteiger partial charge in [0.25, 0.3) is 0 Å². The molecule has 0 radical (unpaired) electrons. The minimum Gasteiger partial charge on any atom is -0.281 e. The fourth-order valence-corrected chi connectivity index (χ4v) is 5.33. The van der Waals surface area contributed by atoms with Gasteiger partial charge in [-0.2, -0.15) is 11.8 Å². The smallest absolute Gasteiger partial charge is 0.164 e. The van der Waals surface area contributed by atoms with Gasteiger partial charge in [-0.25, -0.2) is 12.8 Å². The second-order valence-electron chi connectivity index (χ2n) is 4.57. The second kappa shape index (κ2) is 6.11. The number of hydrogen-bond donors (Lipinski definition) is 0. The van der Waals surface area contributed by atoms with E-state index in [9.17, 15) is 12.8 Å². The highest BCUT2D eigenvalue weighted by molar-refractivity contribution is 9.10. The van der Waals surface area contributed by atoms with Crippen molar-refractivity contribution in [3.05, 3.63) is 34.1 Å². The second-order valence-corrected chi connectivity index (χ2v) is 8.83. The van der Waals surface area contributed by atoms with Crippen LogP contribution < -0.4 is 0 Å². The van der Waals surface area contributed by atoms with Crippen molar-refractivity contribution in [2.75, 3.05) is 24.3 Å². The van der Waals surface area contributed by atoms with Gasteiger partial charge in [0, 0.05) is 40.9 Å². The van der Waals surface area contributed by atoms with Gasteiger partial charge in [0.2, 0.25) is 0 Å². The van der Waals surface area contributed by atoms with Crippen molar-refractivity contribution in [2.24, 2.45) is 0 Å². The normalized spacial score (nSPS) is 21.5. The van der Waals surface area contributed by atoms with Gasteiger partial charge in [-0.3, -0.25) is 4.90 Å². The van der Waals surface area contributed by atoms with Crippen molar-refractivity contribution in [3.8, 4) is 0 Å². The highest BCUT2D eigenvalue weighted by atomic mass is 79.9. The van der Waals surface area contributed by atoms with Crippen molar-refractivity contribution >= 4 is 37.5 Å². The quantitative estimate of drug-likeness (QED) is 0.822. The number of nitrogens with zero attached hydrogens (tertiary/aromatic N) is 1. The fraction of sp³-hybridized carbons (Fsp3) is 0.500. The largest absolute Gasteiger partial charge is 0.281 e. The zero-order valence-corrected chi connectivity index (χ0v) is 13.7. The van der Waals surface area contributed by atoms with Crippen LogP contribution in [0.3, 0.4) is 0 Å². The molecule has 0 spiro atoms. The van der Waals surface area contributed by atoms with Crippen LogP contribution in [0.2, 0.25) is 0 Å². The highest BCUT2D eigenvalue weighted by Crippen LogP contribution is 2.24. The molecule has 19 heavy (non-hydrogen) atoms. The summed E-state index contributed by atoms with van der Waals surface area (Å²) in [6, 6.07) is 4.87. The molecule has 0 bridgehead atoms. The Morgan fingerprint density at radius 1 is 1.53 bits per heavy atom.